The maximum Gasteiger partial charge on any atom is 0.310 e. The molecule has 0 aromatic carbocycles. The summed E-state index contributed by atoms with van der Waals surface area (Å²) in [6.07, 6.45) is 4.77. The summed E-state index contributed by atoms with van der Waals surface area (Å²) < 4.78 is 0. The molecule has 1 aliphatic carbocycles. The number of carbonyl (C=O) groups excluding carboxylic acids is 1. The molecular weight excluding hydrogens is 256 g/mol. The van der Waals surface area contributed by atoms with Crippen molar-refractivity contribution in [2.24, 2.45) is 5.41 Å². The number of hydrogen-bond acceptors (Lipinski definition) is 3. The van der Waals surface area contributed by atoms with Crippen molar-refractivity contribution in [3.63, 3.8) is 0 Å². The minimum absolute atomic E-state index is 0.0711. The van der Waals surface area contributed by atoms with Crippen LogP contribution in [0.15, 0.2) is 18.3 Å². The molecule has 0 radical (unpaired) electrons. The lowest BCUT2D eigenvalue weighted by Crippen LogP contribution is -2.35. The summed E-state index contributed by atoms with van der Waals surface area (Å²) in [6.45, 7) is 2.29. The predicted octanol–water partition coefficient (Wildman–Crippen LogP) is 2.04. The maximum atomic E-state index is 12.0. The van der Waals surface area contributed by atoms with Crippen molar-refractivity contribution in [3.05, 3.63) is 29.6 Å². The van der Waals surface area contributed by atoms with Crippen LogP contribution in [0, 0.1) is 12.3 Å². The Hall–Kier alpha value is -1.91. The molecule has 1 saturated carbocycles. The lowest BCUT2D eigenvalue weighted by atomic mass is 9.82. The number of nitrogens with one attached hydrogen (secondary N) is 1. The number of aliphatic carboxylic acids is 1. The molecule has 2 rings (SSSR count). The molecule has 0 unspecified atom stereocenters. The number of carboxylic acids is 1. The van der Waals surface area contributed by atoms with Crippen LogP contribution in [-0.4, -0.2) is 22.0 Å². The van der Waals surface area contributed by atoms with E-state index in [1.54, 1.807) is 6.20 Å². The fourth-order valence-electron chi connectivity index (χ4n) is 2.69. The number of aromatic nitrogens is 1. The van der Waals surface area contributed by atoms with Crippen LogP contribution in [0.25, 0.3) is 0 Å². The summed E-state index contributed by atoms with van der Waals surface area (Å²) in [7, 11) is 0. The Morgan fingerprint density at radius 1 is 1.35 bits per heavy atom. The third-order valence-corrected chi connectivity index (χ3v) is 3.98. The SMILES string of the molecule is Cc1ccc(CNC(=O)CC2(C(=O)O)CCCC2)cn1. The van der Waals surface area contributed by atoms with E-state index in [0.717, 1.165) is 24.1 Å². The summed E-state index contributed by atoms with van der Waals surface area (Å²) in [5.41, 5.74) is 0.992. The van der Waals surface area contributed by atoms with Crippen LogP contribution in [-0.2, 0) is 16.1 Å². The van der Waals surface area contributed by atoms with Gasteiger partial charge in [0, 0.05) is 24.9 Å². The number of aryl methyl sites for hydroxylation is 1. The van der Waals surface area contributed by atoms with E-state index in [1.807, 2.05) is 19.1 Å². The van der Waals surface area contributed by atoms with E-state index in [9.17, 15) is 14.7 Å². The number of hydrogen-bond donors (Lipinski definition) is 2. The number of amides is 1. The molecule has 1 aliphatic rings. The molecule has 20 heavy (non-hydrogen) atoms. The fraction of sp³-hybridized carbons (Fsp3) is 0.533. The van der Waals surface area contributed by atoms with Gasteiger partial charge in [-0.3, -0.25) is 14.6 Å². The van der Waals surface area contributed by atoms with Crippen molar-refractivity contribution in [3.8, 4) is 0 Å². The lowest BCUT2D eigenvalue weighted by molar-refractivity contribution is -0.151. The smallest absolute Gasteiger partial charge is 0.310 e. The molecule has 1 fully saturated rings. The Bertz CT molecular complexity index is 490. The molecule has 1 amide bonds. The molecule has 1 aromatic rings. The second kappa shape index (κ2) is 6.03. The van der Waals surface area contributed by atoms with Gasteiger partial charge >= 0.3 is 5.97 Å². The Morgan fingerprint density at radius 3 is 2.60 bits per heavy atom. The molecule has 5 nitrogen and oxygen atoms in total. The van der Waals surface area contributed by atoms with Gasteiger partial charge in [-0.15, -0.1) is 0 Å². The summed E-state index contributed by atoms with van der Waals surface area (Å²) in [4.78, 5) is 27.5. The second-order valence-electron chi connectivity index (χ2n) is 5.55. The van der Waals surface area contributed by atoms with Gasteiger partial charge in [0.2, 0.25) is 5.91 Å². The molecule has 5 heteroatoms. The van der Waals surface area contributed by atoms with Crippen LogP contribution in [0.1, 0.15) is 43.4 Å². The Labute approximate surface area is 118 Å². The van der Waals surface area contributed by atoms with E-state index in [4.69, 9.17) is 0 Å². The minimum Gasteiger partial charge on any atom is -0.481 e. The molecule has 1 aromatic heterocycles. The van der Waals surface area contributed by atoms with Crippen LogP contribution in [0.5, 0.6) is 0 Å². The van der Waals surface area contributed by atoms with Gasteiger partial charge in [0.15, 0.2) is 0 Å². The van der Waals surface area contributed by atoms with Crippen LogP contribution in [0.3, 0.4) is 0 Å². The van der Waals surface area contributed by atoms with Gasteiger partial charge in [-0.05, 0) is 31.4 Å². The van der Waals surface area contributed by atoms with E-state index in [1.165, 1.54) is 0 Å². The minimum atomic E-state index is -0.852. The molecule has 0 atom stereocenters. The first-order valence-corrected chi connectivity index (χ1v) is 6.93. The first kappa shape index (κ1) is 14.5. The molecule has 1 heterocycles. The molecule has 0 aliphatic heterocycles. The molecule has 0 saturated heterocycles. The number of pyridine rings is 1. The van der Waals surface area contributed by atoms with E-state index in [-0.39, 0.29) is 12.3 Å². The van der Waals surface area contributed by atoms with Crippen LogP contribution in [0.2, 0.25) is 0 Å². The number of nitrogens with zero attached hydrogens (tertiary/aromatic N) is 1. The molecular formula is C15H20N2O3. The standard InChI is InChI=1S/C15H20N2O3/c1-11-4-5-12(9-16-11)10-17-13(18)8-15(14(19)20)6-2-3-7-15/h4-5,9H,2-3,6-8,10H2,1H3,(H,17,18)(H,19,20). The summed E-state index contributed by atoms with van der Waals surface area (Å²) >= 11 is 0. The van der Waals surface area contributed by atoms with E-state index < -0.39 is 11.4 Å². The highest BCUT2D eigenvalue weighted by atomic mass is 16.4. The Morgan fingerprint density at radius 2 is 2.05 bits per heavy atom. The Balaban J connectivity index is 1.89. The monoisotopic (exact) mass is 276 g/mol. The third kappa shape index (κ3) is 3.35. The lowest BCUT2D eigenvalue weighted by Gasteiger charge is -2.22. The van der Waals surface area contributed by atoms with Gasteiger partial charge in [-0.25, -0.2) is 0 Å². The van der Waals surface area contributed by atoms with Gasteiger partial charge in [0.25, 0.3) is 0 Å². The maximum absolute atomic E-state index is 12.0. The largest absolute Gasteiger partial charge is 0.481 e. The highest BCUT2D eigenvalue weighted by Gasteiger charge is 2.42. The van der Waals surface area contributed by atoms with Crippen LogP contribution < -0.4 is 5.32 Å². The van der Waals surface area contributed by atoms with Crippen LogP contribution in [0.4, 0.5) is 0 Å². The normalized spacial score (nSPS) is 16.9. The molecule has 0 bridgehead atoms. The second-order valence-corrected chi connectivity index (χ2v) is 5.55. The topological polar surface area (TPSA) is 79.3 Å². The van der Waals surface area contributed by atoms with Crippen molar-refractivity contribution in [1.29, 1.82) is 0 Å². The first-order chi connectivity index (χ1) is 9.52. The summed E-state index contributed by atoms with van der Waals surface area (Å²) in [6, 6.07) is 3.79. The van der Waals surface area contributed by atoms with Gasteiger partial charge in [0.05, 0.1) is 5.41 Å². The average molecular weight is 276 g/mol. The van der Waals surface area contributed by atoms with Crippen molar-refractivity contribution in [2.45, 2.75) is 45.6 Å². The van der Waals surface area contributed by atoms with E-state index in [0.29, 0.717) is 19.4 Å². The van der Waals surface area contributed by atoms with Crippen molar-refractivity contribution >= 4 is 11.9 Å². The van der Waals surface area contributed by atoms with E-state index in [2.05, 4.69) is 10.3 Å². The highest BCUT2D eigenvalue weighted by molar-refractivity contribution is 5.85. The summed E-state index contributed by atoms with van der Waals surface area (Å²) in [5, 5.41) is 12.1. The van der Waals surface area contributed by atoms with Gasteiger partial charge in [-0.2, -0.15) is 0 Å². The molecule has 108 valence electrons. The van der Waals surface area contributed by atoms with Crippen molar-refractivity contribution in [2.75, 3.05) is 0 Å². The number of rotatable bonds is 5. The zero-order valence-corrected chi connectivity index (χ0v) is 11.7. The zero-order chi connectivity index (χ0) is 14.6. The zero-order valence-electron chi connectivity index (χ0n) is 11.7. The quantitative estimate of drug-likeness (QED) is 0.862. The number of carboxylic acid groups (broad SMARTS) is 1. The summed E-state index contributed by atoms with van der Waals surface area (Å²) in [5.74, 6) is -1.04. The van der Waals surface area contributed by atoms with Crippen LogP contribution >= 0.6 is 0 Å². The predicted molar refractivity (Wildman–Crippen MR) is 74.0 cm³/mol. The highest BCUT2D eigenvalue weighted by Crippen LogP contribution is 2.41. The van der Waals surface area contributed by atoms with Gasteiger partial charge < -0.3 is 10.4 Å². The third-order valence-electron chi connectivity index (χ3n) is 3.98. The first-order valence-electron chi connectivity index (χ1n) is 6.93. The fourth-order valence-corrected chi connectivity index (χ4v) is 2.69. The van der Waals surface area contributed by atoms with E-state index >= 15 is 0 Å². The van der Waals surface area contributed by atoms with Gasteiger partial charge in [0.1, 0.15) is 0 Å². The molecule has 0 spiro atoms. The van der Waals surface area contributed by atoms with Crippen molar-refractivity contribution in [1.82, 2.24) is 10.3 Å². The average Bonchev–Trinajstić information content (AvgIpc) is 2.88. The Kier molecular flexibility index (Phi) is 4.37. The van der Waals surface area contributed by atoms with Crippen molar-refractivity contribution < 1.29 is 14.7 Å². The molecule has 2 N–H and O–H groups in total. The van der Waals surface area contributed by atoms with Gasteiger partial charge in [-0.1, -0.05) is 18.9 Å². The number of carbonyl (C=O) groups is 2.